The monoisotopic (exact) mass is 138 g/mol. The SMILES string of the molecule is N#CC1NC=NC1C(N)=O. The number of carbonyl (C=O) groups is 1. The van der Waals surface area contributed by atoms with E-state index in [0.717, 1.165) is 0 Å². The van der Waals surface area contributed by atoms with Gasteiger partial charge < -0.3 is 11.1 Å². The Morgan fingerprint density at radius 1 is 1.90 bits per heavy atom. The van der Waals surface area contributed by atoms with Gasteiger partial charge >= 0.3 is 0 Å². The number of nitriles is 1. The van der Waals surface area contributed by atoms with Crippen molar-refractivity contribution in [2.75, 3.05) is 0 Å². The molecule has 0 spiro atoms. The van der Waals surface area contributed by atoms with E-state index in [-0.39, 0.29) is 0 Å². The second-order valence-electron chi connectivity index (χ2n) is 1.90. The van der Waals surface area contributed by atoms with Crippen molar-refractivity contribution in [3.63, 3.8) is 0 Å². The molecule has 0 fully saturated rings. The Balaban J connectivity index is 2.68. The van der Waals surface area contributed by atoms with Gasteiger partial charge in [0.1, 0.15) is 6.04 Å². The summed E-state index contributed by atoms with van der Waals surface area (Å²) in [5.41, 5.74) is 4.92. The lowest BCUT2D eigenvalue weighted by atomic mass is 10.1. The molecule has 2 unspecified atom stereocenters. The molecule has 5 heteroatoms. The second-order valence-corrected chi connectivity index (χ2v) is 1.90. The Labute approximate surface area is 57.5 Å². The molecule has 5 nitrogen and oxygen atoms in total. The van der Waals surface area contributed by atoms with E-state index < -0.39 is 18.0 Å². The number of hydrogen-bond acceptors (Lipinski definition) is 4. The maximum atomic E-state index is 10.5. The van der Waals surface area contributed by atoms with Crippen molar-refractivity contribution < 1.29 is 4.79 Å². The third-order valence-corrected chi connectivity index (χ3v) is 1.24. The highest BCUT2D eigenvalue weighted by molar-refractivity contribution is 5.85. The Kier molecular flexibility index (Phi) is 1.54. The first-order chi connectivity index (χ1) is 4.75. The fourth-order valence-corrected chi connectivity index (χ4v) is 0.726. The molecule has 0 aromatic rings. The number of nitrogens with one attached hydrogen (secondary N) is 1. The van der Waals surface area contributed by atoms with Crippen LogP contribution < -0.4 is 11.1 Å². The van der Waals surface area contributed by atoms with E-state index in [4.69, 9.17) is 11.0 Å². The van der Waals surface area contributed by atoms with Crippen LogP contribution in [0, 0.1) is 11.3 Å². The van der Waals surface area contributed by atoms with E-state index in [9.17, 15) is 4.79 Å². The smallest absolute Gasteiger partial charge is 0.245 e. The molecule has 0 aliphatic carbocycles. The lowest BCUT2D eigenvalue weighted by Crippen LogP contribution is -2.39. The fraction of sp³-hybridized carbons (Fsp3) is 0.400. The Bertz CT molecular complexity index is 216. The van der Waals surface area contributed by atoms with Crippen molar-refractivity contribution in [1.29, 1.82) is 5.26 Å². The van der Waals surface area contributed by atoms with Crippen LogP contribution in [0.5, 0.6) is 0 Å². The maximum Gasteiger partial charge on any atom is 0.245 e. The molecule has 2 atom stereocenters. The van der Waals surface area contributed by atoms with E-state index in [0.29, 0.717) is 0 Å². The van der Waals surface area contributed by atoms with Crippen LogP contribution in [0.3, 0.4) is 0 Å². The molecule has 1 amide bonds. The van der Waals surface area contributed by atoms with Crippen LogP contribution in [-0.2, 0) is 4.79 Å². The molecule has 52 valence electrons. The molecular formula is C5H6N4O. The van der Waals surface area contributed by atoms with Crippen molar-refractivity contribution in [2.24, 2.45) is 10.7 Å². The number of hydrogen-bond donors (Lipinski definition) is 2. The summed E-state index contributed by atoms with van der Waals surface area (Å²) in [6, 6.07) is 0.555. The van der Waals surface area contributed by atoms with Gasteiger partial charge in [-0.25, -0.2) is 0 Å². The molecular weight excluding hydrogens is 132 g/mol. The molecule has 0 bridgehead atoms. The Morgan fingerprint density at radius 2 is 2.60 bits per heavy atom. The molecule has 0 saturated carbocycles. The normalized spacial score (nSPS) is 29.1. The summed E-state index contributed by atoms with van der Waals surface area (Å²) in [6.45, 7) is 0. The van der Waals surface area contributed by atoms with Crippen LogP contribution >= 0.6 is 0 Å². The number of primary amides is 1. The molecule has 3 N–H and O–H groups in total. The zero-order valence-electron chi connectivity index (χ0n) is 5.11. The van der Waals surface area contributed by atoms with E-state index in [2.05, 4.69) is 10.3 Å². The lowest BCUT2D eigenvalue weighted by Gasteiger charge is -2.04. The van der Waals surface area contributed by atoms with Crippen molar-refractivity contribution in [2.45, 2.75) is 12.1 Å². The summed E-state index contributed by atoms with van der Waals surface area (Å²) < 4.78 is 0. The van der Waals surface area contributed by atoms with Crippen LogP contribution in [0.1, 0.15) is 0 Å². The third kappa shape index (κ3) is 0.910. The number of nitrogens with two attached hydrogens (primary N) is 1. The van der Waals surface area contributed by atoms with Crippen molar-refractivity contribution in [1.82, 2.24) is 5.32 Å². The van der Waals surface area contributed by atoms with Gasteiger partial charge in [-0.2, -0.15) is 5.26 Å². The highest BCUT2D eigenvalue weighted by Gasteiger charge is 2.28. The highest BCUT2D eigenvalue weighted by Crippen LogP contribution is 2.01. The summed E-state index contributed by atoms with van der Waals surface area (Å²) in [5.74, 6) is -0.576. The standard InChI is InChI=1S/C5H6N4O/c6-1-3-4(5(7)10)9-2-8-3/h2-4H,(H2,7,10)(H,8,9). The molecule has 10 heavy (non-hydrogen) atoms. The van der Waals surface area contributed by atoms with Gasteiger partial charge in [0, 0.05) is 0 Å². The lowest BCUT2D eigenvalue weighted by molar-refractivity contribution is -0.119. The van der Waals surface area contributed by atoms with E-state index in [1.807, 2.05) is 6.07 Å². The van der Waals surface area contributed by atoms with Gasteiger partial charge in [0.25, 0.3) is 0 Å². The number of amides is 1. The quantitative estimate of drug-likeness (QED) is 0.455. The van der Waals surface area contributed by atoms with Crippen LogP contribution in [-0.4, -0.2) is 24.3 Å². The van der Waals surface area contributed by atoms with Gasteiger partial charge in [0.15, 0.2) is 6.04 Å². The van der Waals surface area contributed by atoms with Gasteiger partial charge in [-0.05, 0) is 0 Å². The zero-order chi connectivity index (χ0) is 7.56. The summed E-state index contributed by atoms with van der Waals surface area (Å²) in [4.78, 5) is 14.1. The second kappa shape index (κ2) is 2.35. The topological polar surface area (TPSA) is 91.3 Å². The highest BCUT2D eigenvalue weighted by atomic mass is 16.1. The van der Waals surface area contributed by atoms with Gasteiger partial charge in [-0.15, -0.1) is 0 Å². The maximum absolute atomic E-state index is 10.5. The average Bonchev–Trinajstić information content (AvgIpc) is 2.33. The summed E-state index contributed by atoms with van der Waals surface area (Å²) >= 11 is 0. The van der Waals surface area contributed by atoms with Crippen molar-refractivity contribution >= 4 is 12.2 Å². The Hall–Kier alpha value is -1.57. The van der Waals surface area contributed by atoms with Crippen LogP contribution in [0.4, 0.5) is 0 Å². The molecule has 1 heterocycles. The number of aliphatic imine (C=N–C) groups is 1. The molecule has 1 aliphatic rings. The van der Waals surface area contributed by atoms with E-state index in [1.54, 1.807) is 0 Å². The number of rotatable bonds is 1. The van der Waals surface area contributed by atoms with Gasteiger partial charge in [0.2, 0.25) is 5.91 Å². The van der Waals surface area contributed by atoms with Gasteiger partial charge in [-0.1, -0.05) is 0 Å². The van der Waals surface area contributed by atoms with Crippen molar-refractivity contribution in [3.8, 4) is 6.07 Å². The molecule has 0 radical (unpaired) electrons. The van der Waals surface area contributed by atoms with Gasteiger partial charge in [0.05, 0.1) is 12.4 Å². The molecule has 0 aromatic carbocycles. The zero-order valence-corrected chi connectivity index (χ0v) is 5.11. The van der Waals surface area contributed by atoms with Crippen molar-refractivity contribution in [3.05, 3.63) is 0 Å². The average molecular weight is 138 g/mol. The fourth-order valence-electron chi connectivity index (χ4n) is 0.726. The van der Waals surface area contributed by atoms with E-state index >= 15 is 0 Å². The summed E-state index contributed by atoms with van der Waals surface area (Å²) in [6.07, 6.45) is 1.32. The Morgan fingerprint density at radius 3 is 3.00 bits per heavy atom. The third-order valence-electron chi connectivity index (χ3n) is 1.24. The first-order valence-electron chi connectivity index (χ1n) is 2.72. The number of nitrogens with zero attached hydrogens (tertiary/aromatic N) is 2. The summed E-state index contributed by atoms with van der Waals surface area (Å²) in [5, 5.41) is 11.0. The van der Waals surface area contributed by atoms with Crippen LogP contribution in [0.2, 0.25) is 0 Å². The van der Waals surface area contributed by atoms with Crippen LogP contribution in [0.15, 0.2) is 4.99 Å². The predicted octanol–water partition coefficient (Wildman–Crippen LogP) is -1.64. The first-order valence-corrected chi connectivity index (χ1v) is 2.72. The molecule has 1 aliphatic heterocycles. The predicted molar refractivity (Wildman–Crippen MR) is 34.0 cm³/mol. The minimum Gasteiger partial charge on any atom is -0.368 e. The minimum absolute atomic E-state index is 0.576. The molecule has 0 aromatic heterocycles. The molecule has 1 rings (SSSR count). The summed E-state index contributed by atoms with van der Waals surface area (Å²) in [7, 11) is 0. The van der Waals surface area contributed by atoms with Crippen LogP contribution in [0.25, 0.3) is 0 Å². The van der Waals surface area contributed by atoms with Gasteiger partial charge in [-0.3, -0.25) is 9.79 Å². The number of carbonyl (C=O) groups excluding carboxylic acids is 1. The molecule has 0 saturated heterocycles. The van der Waals surface area contributed by atoms with E-state index in [1.165, 1.54) is 6.34 Å². The largest absolute Gasteiger partial charge is 0.368 e. The first kappa shape index (κ1) is 6.55. The minimum atomic E-state index is -0.718.